The van der Waals surface area contributed by atoms with Gasteiger partial charge in [-0.25, -0.2) is 9.97 Å². The number of unbranched alkanes of at least 4 members (excludes halogenated alkanes) is 1. The van der Waals surface area contributed by atoms with Crippen LogP contribution in [0.1, 0.15) is 19.3 Å². The lowest BCUT2D eigenvalue weighted by Crippen LogP contribution is -2.10. The first-order valence-electron chi connectivity index (χ1n) is 4.97. The molecule has 0 unspecified atom stereocenters. The van der Waals surface area contributed by atoms with E-state index in [-0.39, 0.29) is 12.2 Å². The number of halogens is 4. The molecule has 1 heterocycles. The lowest BCUT2D eigenvalue weighted by Gasteiger charge is -2.09. The van der Waals surface area contributed by atoms with Gasteiger partial charge in [-0.15, -0.1) is 0 Å². The van der Waals surface area contributed by atoms with Gasteiger partial charge in [0, 0.05) is 13.0 Å². The first-order chi connectivity index (χ1) is 7.90. The third kappa shape index (κ3) is 5.20. The smallest absolute Gasteiger partial charge is 0.383 e. The number of hydrogen-bond acceptors (Lipinski definition) is 4. The van der Waals surface area contributed by atoms with Gasteiger partial charge in [0.05, 0.1) is 0 Å². The molecule has 1 aromatic rings. The van der Waals surface area contributed by atoms with Crippen molar-refractivity contribution in [1.82, 2.24) is 9.97 Å². The van der Waals surface area contributed by atoms with Crippen LogP contribution in [0.2, 0.25) is 0 Å². The summed E-state index contributed by atoms with van der Waals surface area (Å²) in [7, 11) is 0. The number of aromatic nitrogens is 2. The number of hydrogen-bond donors (Lipinski definition) is 2. The summed E-state index contributed by atoms with van der Waals surface area (Å²) in [5.74, 6) is 0.780. The molecule has 0 saturated carbocycles. The summed E-state index contributed by atoms with van der Waals surface area (Å²) in [6, 6.07) is 0. The highest BCUT2D eigenvalue weighted by molar-refractivity contribution is 9.10. The van der Waals surface area contributed by atoms with E-state index in [0.29, 0.717) is 23.3 Å². The average molecular weight is 313 g/mol. The van der Waals surface area contributed by atoms with Gasteiger partial charge in [-0.2, -0.15) is 13.2 Å². The van der Waals surface area contributed by atoms with Crippen LogP contribution in [-0.2, 0) is 0 Å². The summed E-state index contributed by atoms with van der Waals surface area (Å²) in [5, 5.41) is 2.89. The Kier molecular flexibility index (Phi) is 4.98. The highest BCUT2D eigenvalue weighted by atomic mass is 79.9. The fourth-order valence-electron chi connectivity index (χ4n) is 1.16. The number of rotatable bonds is 5. The lowest BCUT2D eigenvalue weighted by molar-refractivity contribution is -0.135. The Hall–Kier alpha value is -1.05. The van der Waals surface area contributed by atoms with Crippen molar-refractivity contribution in [2.75, 3.05) is 17.6 Å². The minimum Gasteiger partial charge on any atom is -0.383 e. The molecule has 0 amide bonds. The highest BCUT2D eigenvalue weighted by Gasteiger charge is 2.25. The summed E-state index contributed by atoms with van der Waals surface area (Å²) in [6.07, 6.45) is -3.05. The highest BCUT2D eigenvalue weighted by Crippen LogP contribution is 2.24. The Morgan fingerprint density at radius 3 is 2.65 bits per heavy atom. The van der Waals surface area contributed by atoms with Crippen molar-refractivity contribution in [2.45, 2.75) is 25.4 Å². The van der Waals surface area contributed by atoms with Gasteiger partial charge in [0.25, 0.3) is 0 Å². The molecule has 1 rings (SSSR count). The molecule has 1 aromatic heterocycles. The van der Waals surface area contributed by atoms with E-state index in [1.165, 1.54) is 6.33 Å². The van der Waals surface area contributed by atoms with Crippen molar-refractivity contribution in [3.8, 4) is 0 Å². The number of nitrogen functional groups attached to an aromatic ring is 1. The van der Waals surface area contributed by atoms with E-state index in [4.69, 9.17) is 5.73 Å². The molecule has 4 nitrogen and oxygen atoms in total. The molecule has 8 heteroatoms. The maximum atomic E-state index is 11.9. The van der Waals surface area contributed by atoms with Gasteiger partial charge in [0.2, 0.25) is 0 Å². The fraction of sp³-hybridized carbons (Fsp3) is 0.556. The second-order valence-corrected chi connectivity index (χ2v) is 4.21. The van der Waals surface area contributed by atoms with Crippen LogP contribution in [0.5, 0.6) is 0 Å². The molecule has 0 radical (unpaired) electrons. The summed E-state index contributed by atoms with van der Waals surface area (Å²) < 4.78 is 36.1. The summed E-state index contributed by atoms with van der Waals surface area (Å²) >= 11 is 3.19. The van der Waals surface area contributed by atoms with Gasteiger partial charge in [0.1, 0.15) is 22.4 Å². The molecule has 0 spiro atoms. The van der Waals surface area contributed by atoms with E-state index in [0.717, 1.165) is 0 Å². The van der Waals surface area contributed by atoms with Crippen LogP contribution >= 0.6 is 15.9 Å². The lowest BCUT2D eigenvalue weighted by atomic mass is 10.2. The van der Waals surface area contributed by atoms with Crippen molar-refractivity contribution in [2.24, 2.45) is 0 Å². The number of nitrogens with one attached hydrogen (secondary N) is 1. The Morgan fingerprint density at radius 2 is 2.00 bits per heavy atom. The quantitative estimate of drug-likeness (QED) is 0.820. The van der Waals surface area contributed by atoms with Crippen LogP contribution in [-0.4, -0.2) is 22.7 Å². The normalized spacial score (nSPS) is 11.5. The molecule has 0 fully saturated rings. The van der Waals surface area contributed by atoms with E-state index in [1.54, 1.807) is 0 Å². The van der Waals surface area contributed by atoms with Gasteiger partial charge < -0.3 is 11.1 Å². The molecule has 3 N–H and O–H groups in total. The molecule has 0 atom stereocenters. The van der Waals surface area contributed by atoms with Gasteiger partial charge in [-0.3, -0.25) is 0 Å². The molecule has 96 valence electrons. The third-order valence-corrected chi connectivity index (χ3v) is 2.78. The third-order valence-electron chi connectivity index (χ3n) is 2.00. The van der Waals surface area contributed by atoms with Crippen molar-refractivity contribution in [3.63, 3.8) is 0 Å². The monoisotopic (exact) mass is 312 g/mol. The maximum Gasteiger partial charge on any atom is 0.389 e. The van der Waals surface area contributed by atoms with E-state index in [2.05, 4.69) is 31.2 Å². The molecule has 0 aliphatic carbocycles. The van der Waals surface area contributed by atoms with Crippen LogP contribution in [0, 0.1) is 0 Å². The predicted octanol–water partition coefficient (Wildman–Crippen LogP) is 2.97. The first kappa shape index (κ1) is 14.0. The molecule has 0 aliphatic rings. The first-order valence-corrected chi connectivity index (χ1v) is 5.76. The van der Waals surface area contributed by atoms with Gasteiger partial charge in [-0.05, 0) is 28.8 Å². The van der Waals surface area contributed by atoms with Crippen molar-refractivity contribution >= 4 is 27.6 Å². The number of anilines is 2. The molecule has 0 saturated heterocycles. The van der Waals surface area contributed by atoms with Crippen LogP contribution in [0.25, 0.3) is 0 Å². The van der Waals surface area contributed by atoms with E-state index in [9.17, 15) is 13.2 Å². The van der Waals surface area contributed by atoms with Crippen LogP contribution < -0.4 is 11.1 Å². The standard InChI is InChI=1S/C9H12BrF3N4/c10-6-7(14)16-5-17-8(6)15-4-2-1-3-9(11,12)13/h5H,1-4H2,(H3,14,15,16,17). The number of nitrogens with zero attached hydrogens (tertiary/aromatic N) is 2. The Morgan fingerprint density at radius 1 is 1.29 bits per heavy atom. The van der Waals surface area contributed by atoms with Gasteiger partial charge >= 0.3 is 6.18 Å². The van der Waals surface area contributed by atoms with Gasteiger partial charge in [0.15, 0.2) is 0 Å². The largest absolute Gasteiger partial charge is 0.389 e. The maximum absolute atomic E-state index is 11.9. The minimum absolute atomic E-state index is 0.0919. The molecular formula is C9H12BrF3N4. The second-order valence-electron chi connectivity index (χ2n) is 3.42. The molecule has 17 heavy (non-hydrogen) atoms. The van der Waals surface area contributed by atoms with Crippen molar-refractivity contribution < 1.29 is 13.2 Å². The summed E-state index contributed by atoms with van der Waals surface area (Å²) in [6.45, 7) is 0.408. The zero-order chi connectivity index (χ0) is 12.9. The van der Waals surface area contributed by atoms with E-state index >= 15 is 0 Å². The second kappa shape index (κ2) is 6.04. The zero-order valence-electron chi connectivity index (χ0n) is 8.89. The molecule has 0 aromatic carbocycles. The van der Waals surface area contributed by atoms with Crippen LogP contribution in [0.15, 0.2) is 10.8 Å². The molecule has 0 bridgehead atoms. The predicted molar refractivity (Wildman–Crippen MR) is 62.5 cm³/mol. The van der Waals surface area contributed by atoms with Gasteiger partial charge in [-0.1, -0.05) is 0 Å². The van der Waals surface area contributed by atoms with Crippen molar-refractivity contribution in [1.29, 1.82) is 0 Å². The number of alkyl halides is 3. The minimum atomic E-state index is -4.08. The molecular weight excluding hydrogens is 301 g/mol. The SMILES string of the molecule is Nc1ncnc(NCCCCC(F)(F)F)c1Br. The zero-order valence-corrected chi connectivity index (χ0v) is 10.5. The Labute approximate surface area is 105 Å². The summed E-state index contributed by atoms with van der Waals surface area (Å²) in [5.41, 5.74) is 5.52. The van der Waals surface area contributed by atoms with Crippen LogP contribution in [0.4, 0.5) is 24.8 Å². The van der Waals surface area contributed by atoms with E-state index in [1.807, 2.05) is 0 Å². The average Bonchev–Trinajstić information content (AvgIpc) is 2.22. The fourth-order valence-corrected chi connectivity index (χ4v) is 1.51. The number of nitrogens with two attached hydrogens (primary N) is 1. The summed E-state index contributed by atoms with van der Waals surface area (Å²) in [4.78, 5) is 7.66. The Bertz CT molecular complexity index is 370. The Balaban J connectivity index is 2.29. The van der Waals surface area contributed by atoms with Crippen molar-refractivity contribution in [3.05, 3.63) is 10.8 Å². The topological polar surface area (TPSA) is 63.8 Å². The van der Waals surface area contributed by atoms with E-state index < -0.39 is 12.6 Å². The van der Waals surface area contributed by atoms with Crippen LogP contribution in [0.3, 0.4) is 0 Å². The molecule has 0 aliphatic heterocycles.